The summed E-state index contributed by atoms with van der Waals surface area (Å²) in [4.78, 5) is 37.7. The van der Waals surface area contributed by atoms with Gasteiger partial charge in [-0.1, -0.05) is 206 Å². The Balaban J connectivity index is 4.60. The Bertz CT molecular complexity index is 1400. The molecule has 0 fully saturated rings. The van der Waals surface area contributed by atoms with Crippen LogP contribution in [0.5, 0.6) is 0 Å². The molecule has 0 aliphatic carbocycles. The van der Waals surface area contributed by atoms with Crippen molar-refractivity contribution in [3.8, 4) is 0 Å². The summed E-state index contributed by atoms with van der Waals surface area (Å²) in [5.74, 6) is -1.12. The third-order valence-electron chi connectivity index (χ3n) is 9.43. The quantitative estimate of drug-likeness (QED) is 0.0264. The zero-order valence-corrected chi connectivity index (χ0v) is 39.3. The summed E-state index contributed by atoms with van der Waals surface area (Å²) in [5.41, 5.74) is 0. The molecule has 1 atom stereocenters. The van der Waals surface area contributed by atoms with Gasteiger partial charge in [0.05, 0.1) is 0 Å². The van der Waals surface area contributed by atoms with Gasteiger partial charge in [-0.3, -0.25) is 14.4 Å². The van der Waals surface area contributed by atoms with Gasteiger partial charge in [0.25, 0.3) is 0 Å². The molecule has 6 heteroatoms. The van der Waals surface area contributed by atoms with Crippen LogP contribution in [0.2, 0.25) is 0 Å². The fourth-order valence-electron chi connectivity index (χ4n) is 5.87. The second-order valence-electron chi connectivity index (χ2n) is 15.3. The Kier molecular flexibility index (Phi) is 45.7. The van der Waals surface area contributed by atoms with Crippen LogP contribution >= 0.6 is 0 Å². The van der Waals surface area contributed by atoms with Gasteiger partial charge in [0.15, 0.2) is 6.10 Å². The molecule has 0 aromatic carbocycles. The number of unbranched alkanes of at least 4 members (excludes halogenated alkanes) is 8. The van der Waals surface area contributed by atoms with Crippen molar-refractivity contribution in [1.29, 1.82) is 0 Å². The van der Waals surface area contributed by atoms with E-state index in [-0.39, 0.29) is 38.0 Å². The minimum Gasteiger partial charge on any atom is -0.462 e. The van der Waals surface area contributed by atoms with Crippen molar-refractivity contribution < 1.29 is 28.6 Å². The smallest absolute Gasteiger partial charge is 0.306 e. The van der Waals surface area contributed by atoms with E-state index in [0.717, 1.165) is 89.9 Å². The van der Waals surface area contributed by atoms with Gasteiger partial charge in [-0.15, -0.1) is 0 Å². The molecule has 62 heavy (non-hydrogen) atoms. The number of hydrogen-bond donors (Lipinski definition) is 0. The lowest BCUT2D eigenvalue weighted by atomic mass is 10.1. The van der Waals surface area contributed by atoms with Crippen LogP contribution < -0.4 is 0 Å². The average molecular weight is 855 g/mol. The second-order valence-corrected chi connectivity index (χ2v) is 15.3. The molecule has 0 bridgehead atoms. The highest BCUT2D eigenvalue weighted by Crippen LogP contribution is 2.12. The van der Waals surface area contributed by atoms with Crippen molar-refractivity contribution in [2.45, 2.75) is 187 Å². The summed E-state index contributed by atoms with van der Waals surface area (Å²) in [6.45, 7) is 6.23. The van der Waals surface area contributed by atoms with Gasteiger partial charge in [-0.05, 0) is 89.9 Å². The molecule has 0 radical (unpaired) electrons. The molecule has 0 rings (SSSR count). The Hall–Kier alpha value is -4.45. The fraction of sp³-hybridized carbons (Fsp3) is 0.554. The Morgan fingerprint density at radius 1 is 0.339 bits per heavy atom. The lowest BCUT2D eigenvalue weighted by molar-refractivity contribution is -0.166. The highest BCUT2D eigenvalue weighted by molar-refractivity contribution is 5.71. The monoisotopic (exact) mass is 855 g/mol. The van der Waals surface area contributed by atoms with Crippen LogP contribution in [-0.4, -0.2) is 37.2 Å². The Morgan fingerprint density at radius 2 is 0.629 bits per heavy atom. The number of esters is 3. The van der Waals surface area contributed by atoms with Crippen LogP contribution in [0.25, 0.3) is 0 Å². The summed E-state index contributed by atoms with van der Waals surface area (Å²) in [7, 11) is 0. The predicted octanol–water partition coefficient (Wildman–Crippen LogP) is 15.9. The van der Waals surface area contributed by atoms with E-state index in [1.54, 1.807) is 0 Å². The van der Waals surface area contributed by atoms with E-state index >= 15 is 0 Å². The highest BCUT2D eigenvalue weighted by Gasteiger charge is 2.19. The first kappa shape index (κ1) is 57.5. The SMILES string of the molecule is CC/C=C\C/C=C\C/C=C\C/C=C\C/C=C\C/C=C\CCC(=O)OCC(COC(=O)CCCCCCCCCCC)OC(=O)CC/C=C\C/C=C\C/C=C\C/C=C\C/C=C\CC. The van der Waals surface area contributed by atoms with E-state index < -0.39 is 12.1 Å². The number of carbonyl (C=O) groups excluding carboxylic acids is 3. The van der Waals surface area contributed by atoms with E-state index in [9.17, 15) is 14.4 Å². The maximum atomic E-state index is 12.7. The second kappa shape index (κ2) is 49.2. The Labute approximate surface area is 379 Å². The van der Waals surface area contributed by atoms with Gasteiger partial charge in [0, 0.05) is 19.3 Å². The topological polar surface area (TPSA) is 78.9 Å². The van der Waals surface area contributed by atoms with Gasteiger partial charge >= 0.3 is 17.9 Å². The standard InChI is InChI=1S/C56H86O6/c1-4-7-10-13-16-19-21-23-25-27-28-29-31-32-34-37-40-43-46-49-55(58)61-52-53(51-60-54(57)48-45-42-39-36-18-15-12-9-6-3)62-56(59)50-47-44-41-38-35-33-30-26-24-22-20-17-14-11-8-5-2/h7-8,10-11,16-17,19-20,23-26,28-29,32-35,40-41,43-44,53H,4-6,9,12-15,18,21-22,27,30-31,36-39,42,45-52H2,1-3H3/b10-7-,11-8-,19-16-,20-17-,25-23-,26-24-,29-28-,34-32-,35-33-,43-40-,44-41-. The maximum Gasteiger partial charge on any atom is 0.306 e. The van der Waals surface area contributed by atoms with Crippen LogP contribution in [-0.2, 0) is 28.6 Å². The number of ether oxygens (including phenoxy) is 3. The van der Waals surface area contributed by atoms with E-state index in [1.165, 1.54) is 38.5 Å². The number of hydrogen-bond acceptors (Lipinski definition) is 6. The van der Waals surface area contributed by atoms with Gasteiger partial charge in [-0.2, -0.15) is 0 Å². The summed E-state index contributed by atoms with van der Waals surface area (Å²) in [6, 6.07) is 0. The first-order chi connectivity index (χ1) is 30.5. The van der Waals surface area contributed by atoms with Crippen molar-refractivity contribution in [1.82, 2.24) is 0 Å². The van der Waals surface area contributed by atoms with Crippen LogP contribution in [0, 0.1) is 0 Å². The summed E-state index contributed by atoms with van der Waals surface area (Å²) < 4.78 is 16.6. The van der Waals surface area contributed by atoms with E-state index in [0.29, 0.717) is 19.3 Å². The molecule has 0 aromatic rings. The number of carbonyl (C=O) groups is 3. The molecule has 0 N–H and O–H groups in total. The molecule has 0 aliphatic rings. The summed E-state index contributed by atoms with van der Waals surface area (Å²) in [6.07, 6.45) is 68.9. The zero-order valence-electron chi connectivity index (χ0n) is 39.3. The lowest BCUT2D eigenvalue weighted by Gasteiger charge is -2.18. The van der Waals surface area contributed by atoms with Crippen molar-refractivity contribution in [2.24, 2.45) is 0 Å². The van der Waals surface area contributed by atoms with Crippen LogP contribution in [0.15, 0.2) is 134 Å². The minimum absolute atomic E-state index is 0.135. The van der Waals surface area contributed by atoms with Gasteiger partial charge in [-0.25, -0.2) is 0 Å². The highest BCUT2D eigenvalue weighted by atomic mass is 16.6. The van der Waals surface area contributed by atoms with Crippen molar-refractivity contribution in [3.63, 3.8) is 0 Å². The Morgan fingerprint density at radius 3 is 0.984 bits per heavy atom. The molecular formula is C56H86O6. The first-order valence-corrected chi connectivity index (χ1v) is 24.2. The van der Waals surface area contributed by atoms with Crippen molar-refractivity contribution in [3.05, 3.63) is 134 Å². The molecule has 0 heterocycles. The van der Waals surface area contributed by atoms with Crippen molar-refractivity contribution in [2.75, 3.05) is 13.2 Å². The van der Waals surface area contributed by atoms with E-state index in [4.69, 9.17) is 14.2 Å². The van der Waals surface area contributed by atoms with Gasteiger partial charge < -0.3 is 14.2 Å². The van der Waals surface area contributed by atoms with Crippen molar-refractivity contribution >= 4 is 17.9 Å². The zero-order chi connectivity index (χ0) is 45.1. The largest absolute Gasteiger partial charge is 0.462 e. The third-order valence-corrected chi connectivity index (χ3v) is 9.43. The average Bonchev–Trinajstić information content (AvgIpc) is 3.27. The molecule has 6 nitrogen and oxygen atoms in total. The fourth-order valence-corrected chi connectivity index (χ4v) is 5.87. The number of allylic oxidation sites excluding steroid dienone is 22. The number of rotatable bonds is 41. The first-order valence-electron chi connectivity index (χ1n) is 24.2. The van der Waals surface area contributed by atoms with Crippen LogP contribution in [0.3, 0.4) is 0 Å². The molecule has 0 amide bonds. The molecule has 0 saturated carbocycles. The van der Waals surface area contributed by atoms with Crippen LogP contribution in [0.1, 0.15) is 181 Å². The molecule has 0 aliphatic heterocycles. The molecule has 0 spiro atoms. The van der Waals surface area contributed by atoms with E-state index in [2.05, 4.69) is 130 Å². The molecule has 0 saturated heterocycles. The lowest BCUT2D eigenvalue weighted by Crippen LogP contribution is -2.30. The predicted molar refractivity (Wildman–Crippen MR) is 265 cm³/mol. The normalized spacial score (nSPS) is 13.3. The van der Waals surface area contributed by atoms with Gasteiger partial charge in [0.1, 0.15) is 13.2 Å². The summed E-state index contributed by atoms with van der Waals surface area (Å²) >= 11 is 0. The van der Waals surface area contributed by atoms with E-state index in [1.807, 2.05) is 24.3 Å². The van der Waals surface area contributed by atoms with Gasteiger partial charge in [0.2, 0.25) is 0 Å². The molecular weight excluding hydrogens is 769 g/mol. The minimum atomic E-state index is -0.849. The van der Waals surface area contributed by atoms with Crippen LogP contribution in [0.4, 0.5) is 0 Å². The molecule has 346 valence electrons. The third kappa shape index (κ3) is 46.6. The molecule has 0 aromatic heterocycles. The molecule has 1 unspecified atom stereocenters. The summed E-state index contributed by atoms with van der Waals surface area (Å²) in [5, 5.41) is 0. The maximum absolute atomic E-state index is 12.7.